The molecule has 0 aliphatic carbocycles. The van der Waals surface area contributed by atoms with Crippen molar-refractivity contribution < 1.29 is 14.7 Å². The number of hydrogen-bond donors (Lipinski definition) is 2. The minimum Gasteiger partial charge on any atom is -0.480 e. The molecule has 13 heavy (non-hydrogen) atoms. The molecule has 0 saturated carbocycles. The number of rotatable bonds is 4. The second-order valence-electron chi connectivity index (χ2n) is 2.96. The third kappa shape index (κ3) is 4.11. The summed E-state index contributed by atoms with van der Waals surface area (Å²) in [5.41, 5.74) is 0. The number of carbonyl (C=O) groups is 2. The number of carboxylic acid groups (broad SMARTS) is 1. The number of nitriles is 1. The first kappa shape index (κ1) is 11.4. The molecule has 0 spiro atoms. The van der Waals surface area contributed by atoms with Crippen LogP contribution in [-0.4, -0.2) is 23.0 Å². The molecular formula is C8H12N2O3. The van der Waals surface area contributed by atoms with Crippen molar-refractivity contribution in [3.63, 3.8) is 0 Å². The van der Waals surface area contributed by atoms with Gasteiger partial charge in [-0.3, -0.25) is 4.79 Å². The fraction of sp³-hybridized carbons (Fsp3) is 0.625. The second kappa shape index (κ2) is 5.14. The number of amides is 1. The van der Waals surface area contributed by atoms with Gasteiger partial charge < -0.3 is 10.4 Å². The number of carbonyl (C=O) groups excluding carboxylic acids is 1. The van der Waals surface area contributed by atoms with Crippen molar-refractivity contribution in [3.8, 4) is 6.07 Å². The average molecular weight is 184 g/mol. The van der Waals surface area contributed by atoms with E-state index < -0.39 is 17.9 Å². The average Bonchev–Trinajstić information content (AvgIpc) is 1.99. The van der Waals surface area contributed by atoms with Gasteiger partial charge in [-0.1, -0.05) is 13.8 Å². The first-order chi connectivity index (χ1) is 5.99. The van der Waals surface area contributed by atoms with Gasteiger partial charge in [0.1, 0.15) is 12.5 Å². The lowest BCUT2D eigenvalue weighted by atomic mass is 10.0. The van der Waals surface area contributed by atoms with E-state index in [0.717, 1.165) is 0 Å². The monoisotopic (exact) mass is 184 g/mol. The molecule has 0 aliphatic heterocycles. The number of carboxylic acids is 1. The SMILES string of the molecule is CC(C)C(NC(=O)CC#N)C(=O)O. The molecular weight excluding hydrogens is 172 g/mol. The maximum absolute atomic E-state index is 10.9. The zero-order chi connectivity index (χ0) is 10.4. The maximum Gasteiger partial charge on any atom is 0.326 e. The fourth-order valence-corrected chi connectivity index (χ4v) is 0.810. The molecule has 0 saturated heterocycles. The van der Waals surface area contributed by atoms with Crippen LogP contribution in [-0.2, 0) is 9.59 Å². The van der Waals surface area contributed by atoms with E-state index in [4.69, 9.17) is 10.4 Å². The Morgan fingerprint density at radius 1 is 1.54 bits per heavy atom. The molecule has 1 unspecified atom stereocenters. The molecule has 72 valence electrons. The topological polar surface area (TPSA) is 90.2 Å². The van der Waals surface area contributed by atoms with Crippen LogP contribution in [0, 0.1) is 17.2 Å². The molecule has 5 heteroatoms. The summed E-state index contributed by atoms with van der Waals surface area (Å²) in [6, 6.07) is 0.730. The Kier molecular flexibility index (Phi) is 4.52. The maximum atomic E-state index is 10.9. The summed E-state index contributed by atoms with van der Waals surface area (Å²) in [5.74, 6) is -1.83. The van der Waals surface area contributed by atoms with Crippen LogP contribution < -0.4 is 5.32 Å². The van der Waals surface area contributed by atoms with Crippen LogP contribution in [0.1, 0.15) is 20.3 Å². The van der Waals surface area contributed by atoms with Gasteiger partial charge in [0.2, 0.25) is 5.91 Å². The number of hydrogen-bond acceptors (Lipinski definition) is 3. The molecule has 0 radical (unpaired) electrons. The van der Waals surface area contributed by atoms with E-state index >= 15 is 0 Å². The highest BCUT2D eigenvalue weighted by Gasteiger charge is 2.22. The second-order valence-corrected chi connectivity index (χ2v) is 2.96. The van der Waals surface area contributed by atoms with E-state index in [1.54, 1.807) is 19.9 Å². The van der Waals surface area contributed by atoms with E-state index in [0.29, 0.717) is 0 Å². The van der Waals surface area contributed by atoms with Gasteiger partial charge in [0, 0.05) is 0 Å². The van der Waals surface area contributed by atoms with Crippen molar-refractivity contribution in [2.45, 2.75) is 26.3 Å². The summed E-state index contributed by atoms with van der Waals surface area (Å²) in [5, 5.41) is 19.1. The molecule has 1 atom stereocenters. The molecule has 2 N–H and O–H groups in total. The molecule has 0 bridgehead atoms. The van der Waals surface area contributed by atoms with Crippen LogP contribution in [0.3, 0.4) is 0 Å². The minimum absolute atomic E-state index is 0.194. The van der Waals surface area contributed by atoms with Gasteiger partial charge in [-0.2, -0.15) is 5.26 Å². The molecule has 1 amide bonds. The number of aliphatic carboxylic acids is 1. The minimum atomic E-state index is -1.08. The summed E-state index contributed by atoms with van der Waals surface area (Å²) >= 11 is 0. The van der Waals surface area contributed by atoms with E-state index in [9.17, 15) is 9.59 Å². The quantitative estimate of drug-likeness (QED) is 0.649. The summed E-state index contributed by atoms with van der Waals surface area (Å²) < 4.78 is 0. The van der Waals surface area contributed by atoms with Crippen LogP contribution in [0.4, 0.5) is 0 Å². The van der Waals surface area contributed by atoms with E-state index in [2.05, 4.69) is 5.32 Å². The third-order valence-corrected chi connectivity index (χ3v) is 1.49. The first-order valence-corrected chi connectivity index (χ1v) is 3.88. The van der Waals surface area contributed by atoms with E-state index in [-0.39, 0.29) is 12.3 Å². The lowest BCUT2D eigenvalue weighted by Crippen LogP contribution is -2.44. The standard InChI is InChI=1S/C8H12N2O3/c1-5(2)7(8(12)13)10-6(11)3-4-9/h5,7H,3H2,1-2H3,(H,10,11)(H,12,13). The van der Waals surface area contributed by atoms with E-state index in [1.807, 2.05) is 0 Å². The van der Waals surface area contributed by atoms with Crippen molar-refractivity contribution in [2.75, 3.05) is 0 Å². The predicted octanol–water partition coefficient (Wildman–Crippen LogP) is 0.125. The molecule has 0 rings (SSSR count). The van der Waals surface area contributed by atoms with Gasteiger partial charge >= 0.3 is 5.97 Å². The predicted molar refractivity (Wildman–Crippen MR) is 44.6 cm³/mol. The Morgan fingerprint density at radius 3 is 2.38 bits per heavy atom. The zero-order valence-corrected chi connectivity index (χ0v) is 7.57. The highest BCUT2D eigenvalue weighted by atomic mass is 16.4. The van der Waals surface area contributed by atoms with Crippen molar-refractivity contribution in [3.05, 3.63) is 0 Å². The lowest BCUT2D eigenvalue weighted by molar-refractivity contribution is -0.142. The van der Waals surface area contributed by atoms with Crippen LogP contribution >= 0.6 is 0 Å². The number of nitrogens with zero attached hydrogens (tertiary/aromatic N) is 1. The van der Waals surface area contributed by atoms with Gasteiger partial charge in [0.15, 0.2) is 0 Å². The largest absolute Gasteiger partial charge is 0.480 e. The van der Waals surface area contributed by atoms with Crippen molar-refractivity contribution in [2.24, 2.45) is 5.92 Å². The van der Waals surface area contributed by atoms with Crippen LogP contribution in [0.2, 0.25) is 0 Å². The van der Waals surface area contributed by atoms with Crippen LogP contribution in [0.25, 0.3) is 0 Å². The zero-order valence-electron chi connectivity index (χ0n) is 7.57. The Labute approximate surface area is 76.4 Å². The third-order valence-electron chi connectivity index (χ3n) is 1.49. The Morgan fingerprint density at radius 2 is 2.08 bits per heavy atom. The highest BCUT2D eigenvalue weighted by molar-refractivity contribution is 5.84. The highest BCUT2D eigenvalue weighted by Crippen LogP contribution is 2.01. The molecule has 0 aromatic carbocycles. The van der Waals surface area contributed by atoms with Crippen molar-refractivity contribution in [1.82, 2.24) is 5.32 Å². The van der Waals surface area contributed by atoms with Crippen molar-refractivity contribution >= 4 is 11.9 Å². The Bertz CT molecular complexity index is 242. The fourth-order valence-electron chi connectivity index (χ4n) is 0.810. The summed E-state index contributed by atoms with van der Waals surface area (Å²) in [6.45, 7) is 3.37. The molecule has 0 aromatic heterocycles. The summed E-state index contributed by atoms with van der Waals surface area (Å²) in [4.78, 5) is 21.4. The van der Waals surface area contributed by atoms with Gasteiger partial charge in [0.05, 0.1) is 6.07 Å². The molecule has 0 aliphatic rings. The molecule has 5 nitrogen and oxygen atoms in total. The van der Waals surface area contributed by atoms with E-state index in [1.165, 1.54) is 0 Å². The molecule has 0 heterocycles. The molecule has 0 aromatic rings. The van der Waals surface area contributed by atoms with Gasteiger partial charge in [-0.15, -0.1) is 0 Å². The summed E-state index contributed by atoms with van der Waals surface area (Å²) in [6.07, 6.45) is -0.309. The number of nitrogens with one attached hydrogen (secondary N) is 1. The summed E-state index contributed by atoms with van der Waals surface area (Å²) in [7, 11) is 0. The van der Waals surface area contributed by atoms with Gasteiger partial charge in [0.25, 0.3) is 0 Å². The van der Waals surface area contributed by atoms with Gasteiger partial charge in [-0.25, -0.2) is 4.79 Å². The van der Waals surface area contributed by atoms with Crippen LogP contribution in [0.5, 0.6) is 0 Å². The van der Waals surface area contributed by atoms with Crippen LogP contribution in [0.15, 0.2) is 0 Å². The smallest absolute Gasteiger partial charge is 0.326 e. The normalized spacial score (nSPS) is 11.8. The Balaban J connectivity index is 4.20. The van der Waals surface area contributed by atoms with Gasteiger partial charge in [-0.05, 0) is 5.92 Å². The molecule has 0 fully saturated rings. The Hall–Kier alpha value is -1.57. The first-order valence-electron chi connectivity index (χ1n) is 3.88. The van der Waals surface area contributed by atoms with Crippen molar-refractivity contribution in [1.29, 1.82) is 5.26 Å². The lowest BCUT2D eigenvalue weighted by Gasteiger charge is -2.16.